The monoisotopic (exact) mass is 353 g/mol. The zero-order valence-corrected chi connectivity index (χ0v) is 14.5. The van der Waals surface area contributed by atoms with Crippen LogP contribution in [0.25, 0.3) is 5.78 Å². The molecule has 0 bridgehead atoms. The van der Waals surface area contributed by atoms with Crippen LogP contribution in [0.3, 0.4) is 0 Å². The van der Waals surface area contributed by atoms with E-state index >= 15 is 0 Å². The highest BCUT2D eigenvalue weighted by atomic mass is 32.2. The molecule has 126 valence electrons. The van der Waals surface area contributed by atoms with E-state index < -0.39 is 5.25 Å². The van der Waals surface area contributed by atoms with E-state index in [1.54, 1.807) is 28.7 Å². The lowest BCUT2D eigenvalue weighted by atomic mass is 10.3. The second kappa shape index (κ2) is 5.96. The summed E-state index contributed by atoms with van der Waals surface area (Å²) in [5.74, 6) is 0.0700. The maximum absolute atomic E-state index is 12.7. The standard InChI is InChI=1S/C17H15N5O2S/c1-10-8-11(2)21-16(18-10)19-20-17(21)25-13-9-14(23)22(15(13)24)12-6-4-3-5-7-12/h3-8,13H,9H2,1-2H3/t13-/m1/s1. The summed E-state index contributed by atoms with van der Waals surface area (Å²) < 4.78 is 1.81. The van der Waals surface area contributed by atoms with Crippen LogP contribution in [-0.4, -0.2) is 36.6 Å². The number of nitrogens with zero attached hydrogens (tertiary/aromatic N) is 5. The molecule has 3 heterocycles. The van der Waals surface area contributed by atoms with Crippen molar-refractivity contribution >= 4 is 35.0 Å². The normalized spacial score (nSPS) is 17.7. The molecule has 25 heavy (non-hydrogen) atoms. The van der Waals surface area contributed by atoms with Crippen molar-refractivity contribution in [1.29, 1.82) is 0 Å². The molecular formula is C17H15N5O2S. The number of hydrogen-bond acceptors (Lipinski definition) is 6. The molecule has 0 aliphatic carbocycles. The average Bonchev–Trinajstić information content (AvgIpc) is 3.10. The van der Waals surface area contributed by atoms with Gasteiger partial charge in [0.1, 0.15) is 5.25 Å². The average molecular weight is 353 g/mol. The van der Waals surface area contributed by atoms with Gasteiger partial charge < -0.3 is 0 Å². The molecule has 1 aliphatic rings. The summed E-state index contributed by atoms with van der Waals surface area (Å²) in [6.07, 6.45) is 0.144. The van der Waals surface area contributed by atoms with Gasteiger partial charge >= 0.3 is 0 Å². The van der Waals surface area contributed by atoms with Gasteiger partial charge in [0.2, 0.25) is 11.8 Å². The molecule has 1 saturated heterocycles. The van der Waals surface area contributed by atoms with Gasteiger partial charge in [0, 0.05) is 17.8 Å². The highest BCUT2D eigenvalue weighted by molar-refractivity contribution is 8.00. The number of thioether (sulfide) groups is 1. The number of hydrogen-bond donors (Lipinski definition) is 0. The Morgan fingerprint density at radius 3 is 2.64 bits per heavy atom. The van der Waals surface area contributed by atoms with Crippen LogP contribution in [0.5, 0.6) is 0 Å². The molecular weight excluding hydrogens is 338 g/mol. The summed E-state index contributed by atoms with van der Waals surface area (Å²) in [4.78, 5) is 30.7. The second-order valence-corrected chi connectivity index (χ2v) is 7.04. The summed E-state index contributed by atoms with van der Waals surface area (Å²) >= 11 is 1.25. The lowest BCUT2D eigenvalue weighted by Crippen LogP contribution is -2.31. The van der Waals surface area contributed by atoms with Gasteiger partial charge in [-0.2, -0.15) is 0 Å². The van der Waals surface area contributed by atoms with E-state index in [0.29, 0.717) is 16.6 Å². The van der Waals surface area contributed by atoms with E-state index in [0.717, 1.165) is 11.4 Å². The first-order valence-corrected chi connectivity index (χ1v) is 8.70. The van der Waals surface area contributed by atoms with E-state index in [4.69, 9.17) is 0 Å². The maximum Gasteiger partial charge on any atom is 0.256 e. The molecule has 2 aromatic heterocycles. The van der Waals surface area contributed by atoms with E-state index in [2.05, 4.69) is 15.2 Å². The van der Waals surface area contributed by atoms with Crippen molar-refractivity contribution in [1.82, 2.24) is 19.6 Å². The summed E-state index contributed by atoms with van der Waals surface area (Å²) in [7, 11) is 0. The van der Waals surface area contributed by atoms with Crippen LogP contribution >= 0.6 is 11.8 Å². The Morgan fingerprint density at radius 2 is 1.88 bits per heavy atom. The van der Waals surface area contributed by atoms with Crippen molar-refractivity contribution in [2.45, 2.75) is 30.7 Å². The van der Waals surface area contributed by atoms with Crippen molar-refractivity contribution in [3.8, 4) is 0 Å². The summed E-state index contributed by atoms with van der Waals surface area (Å²) in [6.45, 7) is 3.83. The molecule has 0 N–H and O–H groups in total. The summed E-state index contributed by atoms with van der Waals surface area (Å²) in [5.41, 5.74) is 2.39. The van der Waals surface area contributed by atoms with Gasteiger partial charge in [0.05, 0.1) is 5.69 Å². The minimum atomic E-state index is -0.513. The third kappa shape index (κ3) is 2.68. The van der Waals surface area contributed by atoms with Gasteiger partial charge in [-0.3, -0.25) is 14.0 Å². The van der Waals surface area contributed by atoms with E-state index in [1.807, 2.05) is 26.0 Å². The van der Waals surface area contributed by atoms with Crippen molar-refractivity contribution in [3.63, 3.8) is 0 Å². The molecule has 1 aromatic carbocycles. The van der Waals surface area contributed by atoms with Gasteiger partial charge in [0.25, 0.3) is 5.78 Å². The minimum Gasteiger partial charge on any atom is -0.274 e. The van der Waals surface area contributed by atoms with Gasteiger partial charge in [0.15, 0.2) is 5.16 Å². The number of benzene rings is 1. The molecule has 2 amide bonds. The Balaban J connectivity index is 1.64. The van der Waals surface area contributed by atoms with Gasteiger partial charge in [-0.05, 0) is 32.0 Å². The Kier molecular flexibility index (Phi) is 3.76. The molecule has 0 unspecified atom stereocenters. The quantitative estimate of drug-likeness (QED) is 0.671. The van der Waals surface area contributed by atoms with Crippen LogP contribution in [0.4, 0.5) is 5.69 Å². The first kappa shape index (κ1) is 15.8. The first-order valence-electron chi connectivity index (χ1n) is 7.82. The third-order valence-electron chi connectivity index (χ3n) is 4.03. The fourth-order valence-corrected chi connectivity index (χ4v) is 4.05. The topological polar surface area (TPSA) is 80.5 Å². The first-order chi connectivity index (χ1) is 12.0. The molecule has 7 nitrogen and oxygen atoms in total. The van der Waals surface area contributed by atoms with Crippen LogP contribution in [-0.2, 0) is 9.59 Å². The van der Waals surface area contributed by atoms with Crippen LogP contribution in [0.2, 0.25) is 0 Å². The van der Waals surface area contributed by atoms with Gasteiger partial charge in [-0.25, -0.2) is 9.88 Å². The number of imide groups is 1. The summed E-state index contributed by atoms with van der Waals surface area (Å²) in [6, 6.07) is 10.9. The van der Waals surface area contributed by atoms with Crippen molar-refractivity contribution < 1.29 is 9.59 Å². The number of amides is 2. The fourth-order valence-electron chi connectivity index (χ4n) is 2.95. The number of carbonyl (C=O) groups is 2. The summed E-state index contributed by atoms with van der Waals surface area (Å²) in [5, 5.41) is 8.28. The second-order valence-electron chi connectivity index (χ2n) is 5.87. The van der Waals surface area contributed by atoms with Crippen LogP contribution in [0.1, 0.15) is 17.8 Å². The molecule has 1 aliphatic heterocycles. The Bertz CT molecular complexity index is 985. The molecule has 4 rings (SSSR count). The Hall–Kier alpha value is -2.74. The highest BCUT2D eigenvalue weighted by Crippen LogP contribution is 2.33. The third-order valence-corrected chi connectivity index (χ3v) is 5.16. The lowest BCUT2D eigenvalue weighted by molar-refractivity contribution is -0.121. The number of rotatable bonds is 3. The molecule has 0 radical (unpaired) electrons. The minimum absolute atomic E-state index is 0.144. The number of aryl methyl sites for hydroxylation is 2. The molecule has 1 fully saturated rings. The number of carbonyl (C=O) groups excluding carboxylic acids is 2. The Morgan fingerprint density at radius 1 is 1.12 bits per heavy atom. The van der Waals surface area contributed by atoms with E-state index in [9.17, 15) is 9.59 Å². The zero-order valence-electron chi connectivity index (χ0n) is 13.7. The fraction of sp³-hybridized carbons (Fsp3) is 0.235. The SMILES string of the molecule is Cc1cc(C)n2c(S[C@@H]3CC(=O)N(c4ccccc4)C3=O)nnc2n1. The van der Waals surface area contributed by atoms with Crippen LogP contribution in [0, 0.1) is 13.8 Å². The lowest BCUT2D eigenvalue weighted by Gasteiger charge is -2.14. The number of fused-ring (bicyclic) bond motifs is 1. The number of anilines is 1. The molecule has 3 aromatic rings. The number of para-hydroxylation sites is 1. The maximum atomic E-state index is 12.7. The zero-order chi connectivity index (χ0) is 17.6. The molecule has 0 spiro atoms. The predicted octanol–water partition coefficient (Wildman–Crippen LogP) is 2.17. The van der Waals surface area contributed by atoms with Crippen molar-refractivity contribution in [2.24, 2.45) is 0 Å². The molecule has 8 heteroatoms. The molecule has 1 atom stereocenters. The van der Waals surface area contributed by atoms with Crippen molar-refractivity contribution in [3.05, 3.63) is 47.8 Å². The predicted molar refractivity (Wildman–Crippen MR) is 93.5 cm³/mol. The van der Waals surface area contributed by atoms with Crippen LogP contribution < -0.4 is 4.90 Å². The van der Waals surface area contributed by atoms with Crippen molar-refractivity contribution in [2.75, 3.05) is 4.90 Å². The largest absolute Gasteiger partial charge is 0.274 e. The smallest absolute Gasteiger partial charge is 0.256 e. The van der Waals surface area contributed by atoms with Gasteiger partial charge in [-0.1, -0.05) is 30.0 Å². The Labute approximate surface area is 148 Å². The highest BCUT2D eigenvalue weighted by Gasteiger charge is 2.41. The van der Waals surface area contributed by atoms with E-state index in [-0.39, 0.29) is 18.2 Å². The van der Waals surface area contributed by atoms with Crippen LogP contribution in [0.15, 0.2) is 41.6 Å². The molecule has 0 saturated carbocycles. The number of aromatic nitrogens is 4. The van der Waals surface area contributed by atoms with Gasteiger partial charge in [-0.15, -0.1) is 10.2 Å². The van der Waals surface area contributed by atoms with E-state index in [1.165, 1.54) is 16.7 Å².